The average Bonchev–Trinajstić information content (AvgIpc) is 2.27. The summed E-state index contributed by atoms with van der Waals surface area (Å²) in [5.41, 5.74) is 3.47. The molecule has 0 fully saturated rings. The van der Waals surface area contributed by atoms with Gasteiger partial charge < -0.3 is 4.90 Å². The van der Waals surface area contributed by atoms with Gasteiger partial charge in [0.1, 0.15) is 0 Å². The van der Waals surface area contributed by atoms with Crippen LogP contribution in [-0.4, -0.2) is 11.9 Å². The van der Waals surface area contributed by atoms with Crippen molar-refractivity contribution >= 4 is 28.3 Å². The van der Waals surface area contributed by atoms with Crippen molar-refractivity contribution in [2.75, 3.05) is 7.05 Å². The first-order chi connectivity index (χ1) is 7.20. The van der Waals surface area contributed by atoms with Gasteiger partial charge >= 0.3 is 0 Å². The van der Waals surface area contributed by atoms with Crippen molar-refractivity contribution in [2.45, 2.75) is 0 Å². The van der Waals surface area contributed by atoms with Crippen molar-refractivity contribution in [1.82, 2.24) is 4.90 Å². The third kappa shape index (κ3) is 2.00. The third-order valence-electron chi connectivity index (χ3n) is 2.50. The van der Waals surface area contributed by atoms with Crippen LogP contribution in [0.15, 0.2) is 58.3 Å². The maximum absolute atomic E-state index is 4.06. The van der Waals surface area contributed by atoms with E-state index in [1.54, 1.807) is 0 Å². The second-order valence-electron chi connectivity index (χ2n) is 3.44. The van der Waals surface area contributed by atoms with Crippen molar-refractivity contribution in [1.29, 1.82) is 0 Å². The second kappa shape index (κ2) is 4.23. The number of halogens is 1. The normalized spacial score (nSPS) is 16.1. The van der Waals surface area contributed by atoms with Crippen molar-refractivity contribution in [3.8, 4) is 0 Å². The van der Waals surface area contributed by atoms with Crippen molar-refractivity contribution in [2.24, 2.45) is 0 Å². The van der Waals surface area contributed by atoms with Crippen LogP contribution in [0.3, 0.4) is 0 Å². The fourth-order valence-corrected chi connectivity index (χ4v) is 2.11. The Morgan fingerprint density at radius 2 is 1.80 bits per heavy atom. The van der Waals surface area contributed by atoms with Crippen LogP contribution in [0, 0.1) is 0 Å². The number of benzene rings is 1. The first kappa shape index (κ1) is 10.5. The lowest BCUT2D eigenvalue weighted by Gasteiger charge is -2.27. The zero-order valence-corrected chi connectivity index (χ0v) is 10.7. The van der Waals surface area contributed by atoms with Crippen LogP contribution in [0.5, 0.6) is 0 Å². The Hall–Kier alpha value is -1.03. The molecule has 0 unspecified atom stereocenters. The van der Waals surface area contributed by atoms with Crippen LogP contribution in [0.25, 0.3) is 5.70 Å². The number of nitrogens with zero attached hydrogens (tertiary/aromatic N) is 1. The minimum absolute atomic E-state index is 1.05. The van der Waals surface area contributed by atoms with E-state index in [1.807, 2.05) is 13.1 Å². The molecule has 1 nitrogen and oxygen atoms in total. The van der Waals surface area contributed by atoms with Crippen LogP contribution in [0.4, 0.5) is 0 Å². The number of hydrogen-bond acceptors (Lipinski definition) is 1. The summed E-state index contributed by atoms with van der Waals surface area (Å²) in [7, 11) is 2.05. The van der Waals surface area contributed by atoms with Gasteiger partial charge in [-0.1, -0.05) is 36.9 Å². The minimum atomic E-state index is 1.05. The highest BCUT2D eigenvalue weighted by Crippen LogP contribution is 2.31. The molecule has 2 heteroatoms. The van der Waals surface area contributed by atoms with Crippen molar-refractivity contribution in [3.05, 3.63) is 63.9 Å². The molecule has 0 aliphatic carbocycles. The SMILES string of the molecule is C=C1C(I)=CC=C(c2ccccc2)N1C. The zero-order valence-electron chi connectivity index (χ0n) is 8.57. The summed E-state index contributed by atoms with van der Waals surface area (Å²) in [5, 5.41) is 0. The van der Waals surface area contributed by atoms with Gasteiger partial charge in [-0.3, -0.25) is 0 Å². The molecule has 1 aliphatic heterocycles. The van der Waals surface area contributed by atoms with E-state index in [2.05, 4.69) is 70.5 Å². The standard InChI is InChI=1S/C13H12IN/c1-10-12(14)8-9-13(15(10)2)11-6-4-3-5-7-11/h3-9H,1H2,2H3. The predicted octanol–water partition coefficient (Wildman–Crippen LogP) is 3.81. The smallest absolute Gasteiger partial charge is 0.0482 e. The largest absolute Gasteiger partial charge is 0.344 e. The van der Waals surface area contributed by atoms with Crippen LogP contribution in [0.2, 0.25) is 0 Å². The van der Waals surface area contributed by atoms with Gasteiger partial charge in [0.05, 0.1) is 0 Å². The lowest BCUT2D eigenvalue weighted by atomic mass is 10.1. The lowest BCUT2D eigenvalue weighted by Crippen LogP contribution is -2.17. The van der Waals surface area contributed by atoms with Gasteiger partial charge in [-0.05, 0) is 40.3 Å². The molecule has 0 N–H and O–H groups in total. The Morgan fingerprint density at radius 3 is 2.47 bits per heavy atom. The van der Waals surface area contributed by atoms with Gasteiger partial charge in [0.2, 0.25) is 0 Å². The van der Waals surface area contributed by atoms with Crippen LogP contribution in [0.1, 0.15) is 5.56 Å². The van der Waals surface area contributed by atoms with Crippen LogP contribution >= 0.6 is 22.6 Å². The Morgan fingerprint density at radius 1 is 1.13 bits per heavy atom. The molecule has 15 heavy (non-hydrogen) atoms. The summed E-state index contributed by atoms with van der Waals surface area (Å²) in [6.07, 6.45) is 4.23. The molecule has 1 aromatic rings. The number of rotatable bonds is 1. The van der Waals surface area contributed by atoms with E-state index < -0.39 is 0 Å². The summed E-state index contributed by atoms with van der Waals surface area (Å²) < 4.78 is 1.19. The Balaban J connectivity index is 2.43. The summed E-state index contributed by atoms with van der Waals surface area (Å²) >= 11 is 2.30. The highest BCUT2D eigenvalue weighted by atomic mass is 127. The second-order valence-corrected chi connectivity index (χ2v) is 4.60. The van der Waals surface area contributed by atoms with Crippen molar-refractivity contribution < 1.29 is 0 Å². The quantitative estimate of drug-likeness (QED) is 0.713. The Bertz CT molecular complexity index is 443. The molecular weight excluding hydrogens is 297 g/mol. The number of hydrogen-bond donors (Lipinski definition) is 0. The van der Waals surface area contributed by atoms with Crippen LogP contribution < -0.4 is 0 Å². The summed E-state index contributed by atoms with van der Waals surface area (Å²) in [6.45, 7) is 4.06. The van der Waals surface area contributed by atoms with Gasteiger partial charge in [-0.15, -0.1) is 0 Å². The highest BCUT2D eigenvalue weighted by Gasteiger charge is 2.15. The van der Waals surface area contributed by atoms with Gasteiger partial charge in [0.15, 0.2) is 0 Å². The van der Waals surface area contributed by atoms with Gasteiger partial charge in [-0.2, -0.15) is 0 Å². The topological polar surface area (TPSA) is 3.24 Å². The number of likely N-dealkylation sites (N-methyl/N-ethyl adjacent to an activating group) is 1. The minimum Gasteiger partial charge on any atom is -0.344 e. The molecular formula is C13H12IN. The molecule has 0 atom stereocenters. The Kier molecular flexibility index (Phi) is 2.95. The molecule has 0 bridgehead atoms. The molecule has 0 spiro atoms. The van der Waals surface area contributed by atoms with E-state index in [4.69, 9.17) is 0 Å². The van der Waals surface area contributed by atoms with E-state index in [-0.39, 0.29) is 0 Å². The van der Waals surface area contributed by atoms with Gasteiger partial charge in [0, 0.05) is 22.0 Å². The fraction of sp³-hybridized carbons (Fsp3) is 0.0769. The molecule has 2 rings (SSSR count). The molecule has 0 amide bonds. The summed E-state index contributed by atoms with van der Waals surface area (Å²) in [5.74, 6) is 0. The van der Waals surface area contributed by atoms with Gasteiger partial charge in [0.25, 0.3) is 0 Å². The zero-order chi connectivity index (χ0) is 10.8. The van der Waals surface area contributed by atoms with E-state index in [9.17, 15) is 0 Å². The molecule has 1 heterocycles. The molecule has 0 saturated carbocycles. The number of allylic oxidation sites excluding steroid dienone is 3. The van der Waals surface area contributed by atoms with Gasteiger partial charge in [-0.25, -0.2) is 0 Å². The maximum atomic E-state index is 4.06. The first-order valence-corrected chi connectivity index (χ1v) is 5.84. The monoisotopic (exact) mass is 309 g/mol. The summed E-state index contributed by atoms with van der Waals surface area (Å²) in [6, 6.07) is 10.4. The Labute approximate surface area is 104 Å². The predicted molar refractivity (Wildman–Crippen MR) is 73.4 cm³/mol. The van der Waals surface area contributed by atoms with E-state index in [0.29, 0.717) is 0 Å². The molecule has 76 valence electrons. The highest BCUT2D eigenvalue weighted by molar-refractivity contribution is 14.1. The molecule has 1 aliphatic rings. The van der Waals surface area contributed by atoms with E-state index >= 15 is 0 Å². The van der Waals surface area contributed by atoms with Crippen LogP contribution in [-0.2, 0) is 0 Å². The average molecular weight is 309 g/mol. The molecule has 0 saturated heterocycles. The fourth-order valence-electron chi connectivity index (χ4n) is 1.56. The summed E-state index contributed by atoms with van der Waals surface area (Å²) in [4.78, 5) is 2.12. The van der Waals surface area contributed by atoms with Crippen molar-refractivity contribution in [3.63, 3.8) is 0 Å². The molecule has 1 aromatic carbocycles. The third-order valence-corrected chi connectivity index (χ3v) is 3.48. The molecule has 0 aromatic heterocycles. The molecule has 0 radical (unpaired) electrons. The lowest BCUT2D eigenvalue weighted by molar-refractivity contribution is 0.614. The van der Waals surface area contributed by atoms with E-state index in [0.717, 1.165) is 5.70 Å². The maximum Gasteiger partial charge on any atom is 0.0482 e. The van der Waals surface area contributed by atoms with E-state index in [1.165, 1.54) is 14.8 Å². The first-order valence-electron chi connectivity index (χ1n) is 4.76.